The van der Waals surface area contributed by atoms with E-state index in [9.17, 15) is 4.79 Å². The molecule has 2 rings (SSSR count). The monoisotopic (exact) mass is 250 g/mol. The second-order valence-electron chi connectivity index (χ2n) is 4.93. The maximum Gasteiger partial charge on any atom is 0.243 e. The van der Waals surface area contributed by atoms with Gasteiger partial charge in [-0.15, -0.1) is 0 Å². The third-order valence-electron chi connectivity index (χ3n) is 3.20. The number of nitrogens with zero attached hydrogens (tertiary/aromatic N) is 2. The zero-order valence-electron chi connectivity index (χ0n) is 11.1. The van der Waals surface area contributed by atoms with Crippen LogP contribution in [0.3, 0.4) is 0 Å². The molecule has 1 unspecified atom stereocenters. The summed E-state index contributed by atoms with van der Waals surface area (Å²) in [7, 11) is 0. The summed E-state index contributed by atoms with van der Waals surface area (Å²) in [4.78, 5) is 16.1. The molecule has 5 heteroatoms. The summed E-state index contributed by atoms with van der Waals surface area (Å²) in [6, 6.07) is 0.219. The van der Waals surface area contributed by atoms with Crippen molar-refractivity contribution >= 4 is 5.91 Å². The average molecular weight is 250 g/mol. The highest BCUT2D eigenvalue weighted by Crippen LogP contribution is 2.20. The lowest BCUT2D eigenvalue weighted by Gasteiger charge is -2.16. The van der Waals surface area contributed by atoms with Crippen molar-refractivity contribution in [1.82, 2.24) is 20.2 Å². The molecule has 1 aliphatic rings. The number of carbonyl (C=O) groups is 1. The Bertz CT molecular complexity index is 397. The van der Waals surface area contributed by atoms with Crippen molar-refractivity contribution in [2.75, 3.05) is 6.54 Å². The molecule has 1 aliphatic carbocycles. The minimum atomic E-state index is -0.188. The predicted octanol–water partition coefficient (Wildman–Crippen LogP) is 1.22. The highest BCUT2D eigenvalue weighted by molar-refractivity contribution is 5.80. The number of nitrogens with one attached hydrogen (secondary N) is 2. The minimum Gasteiger partial charge on any atom is -0.352 e. The van der Waals surface area contributed by atoms with E-state index in [1.165, 1.54) is 0 Å². The predicted molar refractivity (Wildman–Crippen MR) is 70.1 cm³/mol. The summed E-state index contributed by atoms with van der Waals surface area (Å²) < 4.78 is 1.94. The van der Waals surface area contributed by atoms with Crippen LogP contribution in [0.15, 0.2) is 12.5 Å². The molecule has 2 N–H and O–H groups in total. The zero-order chi connectivity index (χ0) is 13.0. The lowest BCUT2D eigenvalue weighted by Crippen LogP contribution is -2.33. The Balaban J connectivity index is 1.93. The quantitative estimate of drug-likeness (QED) is 0.715. The smallest absolute Gasteiger partial charge is 0.243 e. The normalized spacial score (nSPS) is 16.6. The molecule has 0 aromatic carbocycles. The molecule has 0 aliphatic heterocycles. The van der Waals surface area contributed by atoms with E-state index in [1.807, 2.05) is 17.7 Å². The van der Waals surface area contributed by atoms with E-state index in [4.69, 9.17) is 0 Å². The van der Waals surface area contributed by atoms with Crippen molar-refractivity contribution in [3.8, 4) is 0 Å². The first-order chi connectivity index (χ1) is 8.72. The first-order valence-corrected chi connectivity index (χ1v) is 6.74. The van der Waals surface area contributed by atoms with Crippen molar-refractivity contribution in [1.29, 1.82) is 0 Å². The Hall–Kier alpha value is -1.36. The number of carbonyl (C=O) groups excluding carboxylic acids is 1. The minimum absolute atomic E-state index is 0.0900. The number of imidazole rings is 1. The van der Waals surface area contributed by atoms with Crippen LogP contribution >= 0.6 is 0 Å². The second kappa shape index (κ2) is 6.00. The van der Waals surface area contributed by atoms with Crippen LogP contribution in [0.25, 0.3) is 0 Å². The summed E-state index contributed by atoms with van der Waals surface area (Å²) in [6.07, 6.45) is 6.90. The lowest BCUT2D eigenvalue weighted by molar-refractivity contribution is -0.124. The van der Waals surface area contributed by atoms with Crippen LogP contribution in [-0.2, 0) is 11.3 Å². The van der Waals surface area contributed by atoms with Crippen LogP contribution in [0.2, 0.25) is 0 Å². The molecule has 1 fully saturated rings. The Morgan fingerprint density at radius 1 is 1.61 bits per heavy atom. The van der Waals surface area contributed by atoms with E-state index >= 15 is 0 Å². The van der Waals surface area contributed by atoms with Crippen LogP contribution < -0.4 is 10.6 Å². The molecule has 0 bridgehead atoms. The van der Waals surface area contributed by atoms with Gasteiger partial charge in [-0.2, -0.15) is 0 Å². The first kappa shape index (κ1) is 13.1. The largest absolute Gasteiger partial charge is 0.352 e. The van der Waals surface area contributed by atoms with Crippen molar-refractivity contribution in [2.45, 2.75) is 51.7 Å². The fraction of sp³-hybridized carbons (Fsp3) is 0.692. The lowest BCUT2D eigenvalue weighted by atomic mass is 10.3. The van der Waals surface area contributed by atoms with Gasteiger partial charge in [-0.05, 0) is 32.7 Å². The maximum atomic E-state index is 12.0. The van der Waals surface area contributed by atoms with Gasteiger partial charge in [-0.25, -0.2) is 4.98 Å². The molecule has 1 aromatic heterocycles. The molecule has 18 heavy (non-hydrogen) atoms. The standard InChI is InChI=1S/C13H22N4O/c1-3-6-14-7-12-8-15-9-17(12)10(2)13(18)16-11-4-5-11/h8-11,14H,3-7H2,1-2H3,(H,16,18). The fourth-order valence-electron chi connectivity index (χ4n) is 1.89. The third-order valence-corrected chi connectivity index (χ3v) is 3.20. The Morgan fingerprint density at radius 2 is 2.39 bits per heavy atom. The fourth-order valence-corrected chi connectivity index (χ4v) is 1.89. The number of hydrogen-bond donors (Lipinski definition) is 2. The van der Waals surface area contributed by atoms with E-state index in [2.05, 4.69) is 22.5 Å². The summed E-state index contributed by atoms with van der Waals surface area (Å²) in [6.45, 7) is 5.79. The van der Waals surface area contributed by atoms with Crippen LogP contribution in [0.5, 0.6) is 0 Å². The van der Waals surface area contributed by atoms with Crippen LogP contribution in [-0.4, -0.2) is 28.0 Å². The average Bonchev–Trinajstić information content (AvgIpc) is 3.05. The molecule has 0 spiro atoms. The van der Waals surface area contributed by atoms with Gasteiger partial charge in [0.05, 0.1) is 12.0 Å². The Kier molecular flexibility index (Phi) is 4.36. The highest BCUT2D eigenvalue weighted by atomic mass is 16.2. The van der Waals surface area contributed by atoms with Crippen LogP contribution in [0.4, 0.5) is 0 Å². The van der Waals surface area contributed by atoms with Crippen molar-refractivity contribution in [3.05, 3.63) is 18.2 Å². The SMILES string of the molecule is CCCNCc1cncn1C(C)C(=O)NC1CC1. The molecular weight excluding hydrogens is 228 g/mol. The number of rotatable bonds is 7. The van der Waals surface area contributed by atoms with Gasteiger partial charge in [0.15, 0.2) is 0 Å². The molecule has 0 radical (unpaired) electrons. The number of amides is 1. The summed E-state index contributed by atoms with van der Waals surface area (Å²) in [5, 5.41) is 6.36. The Labute approximate surface area is 108 Å². The van der Waals surface area contributed by atoms with Crippen LogP contribution in [0, 0.1) is 0 Å². The molecule has 1 saturated carbocycles. The van der Waals surface area contributed by atoms with Crippen molar-refractivity contribution < 1.29 is 4.79 Å². The molecule has 100 valence electrons. The van der Waals surface area contributed by atoms with Crippen molar-refractivity contribution in [2.24, 2.45) is 0 Å². The number of aromatic nitrogens is 2. The second-order valence-corrected chi connectivity index (χ2v) is 4.93. The van der Waals surface area contributed by atoms with Gasteiger partial charge in [0.1, 0.15) is 6.04 Å². The molecule has 1 heterocycles. The van der Waals surface area contributed by atoms with Crippen molar-refractivity contribution in [3.63, 3.8) is 0 Å². The maximum absolute atomic E-state index is 12.0. The van der Waals surface area contributed by atoms with Gasteiger partial charge in [-0.1, -0.05) is 6.92 Å². The van der Waals surface area contributed by atoms with Gasteiger partial charge >= 0.3 is 0 Å². The van der Waals surface area contributed by atoms with Gasteiger partial charge in [0, 0.05) is 18.8 Å². The Morgan fingerprint density at radius 3 is 3.06 bits per heavy atom. The first-order valence-electron chi connectivity index (χ1n) is 6.74. The van der Waals surface area contributed by atoms with E-state index < -0.39 is 0 Å². The summed E-state index contributed by atoms with van der Waals surface area (Å²) in [5.74, 6) is 0.0900. The summed E-state index contributed by atoms with van der Waals surface area (Å²) >= 11 is 0. The van der Waals surface area contributed by atoms with E-state index in [-0.39, 0.29) is 11.9 Å². The molecule has 5 nitrogen and oxygen atoms in total. The molecular formula is C13H22N4O. The molecule has 1 aromatic rings. The highest BCUT2D eigenvalue weighted by Gasteiger charge is 2.26. The number of hydrogen-bond acceptors (Lipinski definition) is 3. The summed E-state index contributed by atoms with van der Waals surface area (Å²) in [5.41, 5.74) is 1.06. The van der Waals surface area contributed by atoms with E-state index in [0.717, 1.165) is 38.0 Å². The topological polar surface area (TPSA) is 59.0 Å². The molecule has 0 saturated heterocycles. The zero-order valence-corrected chi connectivity index (χ0v) is 11.1. The molecule has 1 amide bonds. The third kappa shape index (κ3) is 3.32. The van der Waals surface area contributed by atoms with Gasteiger partial charge in [-0.3, -0.25) is 4.79 Å². The molecule has 1 atom stereocenters. The van der Waals surface area contributed by atoms with E-state index in [0.29, 0.717) is 6.04 Å². The van der Waals surface area contributed by atoms with Gasteiger partial charge in [0.25, 0.3) is 0 Å². The van der Waals surface area contributed by atoms with Gasteiger partial charge in [0.2, 0.25) is 5.91 Å². The van der Waals surface area contributed by atoms with Gasteiger partial charge < -0.3 is 15.2 Å². The van der Waals surface area contributed by atoms with E-state index in [1.54, 1.807) is 6.33 Å². The van der Waals surface area contributed by atoms with Crippen LogP contribution in [0.1, 0.15) is 44.8 Å².